The highest BCUT2D eigenvalue weighted by molar-refractivity contribution is 8.27. The fourth-order valence-electron chi connectivity index (χ4n) is 3.73. The number of carbonyl (C=O) groups is 2. The molecule has 1 saturated heterocycles. The first-order chi connectivity index (χ1) is 14.9. The van der Waals surface area contributed by atoms with Crippen LogP contribution in [0, 0.1) is 6.92 Å². The number of fused-ring (bicyclic) bond motifs is 1. The number of rotatable bonds is 5. The van der Waals surface area contributed by atoms with Gasteiger partial charge in [-0.1, -0.05) is 73.7 Å². The van der Waals surface area contributed by atoms with Gasteiger partial charge in [0.05, 0.1) is 28.5 Å². The predicted molar refractivity (Wildman–Crippen MR) is 132 cm³/mol. The van der Waals surface area contributed by atoms with Crippen molar-refractivity contribution in [2.45, 2.75) is 20.8 Å². The van der Waals surface area contributed by atoms with E-state index in [4.69, 9.17) is 23.8 Å². The molecular formula is C23H22ClN3O2S2. The Morgan fingerprint density at radius 1 is 1.06 bits per heavy atom. The molecule has 0 saturated carbocycles. The lowest BCUT2D eigenvalue weighted by Crippen LogP contribution is -2.39. The van der Waals surface area contributed by atoms with Crippen LogP contribution in [0.3, 0.4) is 0 Å². The van der Waals surface area contributed by atoms with E-state index < -0.39 is 0 Å². The van der Waals surface area contributed by atoms with Crippen LogP contribution in [-0.4, -0.2) is 40.8 Å². The van der Waals surface area contributed by atoms with E-state index in [1.165, 1.54) is 16.7 Å². The summed E-state index contributed by atoms with van der Waals surface area (Å²) in [5, 5.41) is 0.562. The van der Waals surface area contributed by atoms with Crippen molar-refractivity contribution in [2.75, 3.05) is 29.6 Å². The van der Waals surface area contributed by atoms with Gasteiger partial charge < -0.3 is 0 Å². The van der Waals surface area contributed by atoms with Crippen molar-refractivity contribution >= 4 is 68.7 Å². The number of aryl methyl sites for hydroxylation is 1. The second-order valence-electron chi connectivity index (χ2n) is 7.34. The number of thioether (sulfide) groups is 1. The van der Waals surface area contributed by atoms with Gasteiger partial charge in [-0.05, 0) is 43.8 Å². The van der Waals surface area contributed by atoms with Crippen LogP contribution in [0.25, 0.3) is 5.57 Å². The first-order valence-electron chi connectivity index (χ1n) is 10.1. The van der Waals surface area contributed by atoms with Gasteiger partial charge in [0.15, 0.2) is 4.32 Å². The van der Waals surface area contributed by atoms with Crippen molar-refractivity contribution in [3.05, 3.63) is 63.5 Å². The predicted octanol–water partition coefficient (Wildman–Crippen LogP) is 5.07. The fourth-order valence-corrected chi connectivity index (χ4v) is 5.27. The number of hydrogen-bond acceptors (Lipinski definition) is 5. The van der Waals surface area contributed by atoms with Crippen LogP contribution in [0.2, 0.25) is 5.02 Å². The normalized spacial score (nSPS) is 18.5. The molecule has 2 heterocycles. The molecule has 0 bridgehead atoms. The summed E-state index contributed by atoms with van der Waals surface area (Å²) < 4.78 is 0.389. The van der Waals surface area contributed by atoms with Gasteiger partial charge in [0.1, 0.15) is 0 Å². The second kappa shape index (κ2) is 8.74. The second-order valence-corrected chi connectivity index (χ2v) is 9.39. The van der Waals surface area contributed by atoms with Crippen LogP contribution in [0.15, 0.2) is 47.4 Å². The minimum atomic E-state index is -0.294. The van der Waals surface area contributed by atoms with Gasteiger partial charge in [-0.15, -0.1) is 0 Å². The molecule has 5 nitrogen and oxygen atoms in total. The summed E-state index contributed by atoms with van der Waals surface area (Å²) in [5.74, 6) is -0.465. The molecule has 2 amide bonds. The van der Waals surface area contributed by atoms with Crippen LogP contribution in [0.5, 0.6) is 0 Å². The molecule has 0 aliphatic carbocycles. The number of anilines is 2. The van der Waals surface area contributed by atoms with E-state index in [0.29, 0.717) is 32.2 Å². The summed E-state index contributed by atoms with van der Waals surface area (Å²) in [6.07, 6.45) is 0. The maximum atomic E-state index is 13.5. The molecule has 0 aromatic heterocycles. The summed E-state index contributed by atoms with van der Waals surface area (Å²) in [4.78, 5) is 32.7. The molecule has 31 heavy (non-hydrogen) atoms. The molecule has 160 valence electrons. The number of carbonyl (C=O) groups excluding carboxylic acids is 2. The van der Waals surface area contributed by atoms with Gasteiger partial charge in [0.25, 0.3) is 11.8 Å². The lowest BCUT2D eigenvalue weighted by Gasteiger charge is -2.25. The smallest absolute Gasteiger partial charge is 0.271 e. The third-order valence-corrected chi connectivity index (χ3v) is 7.35. The minimum absolute atomic E-state index is 0.171. The van der Waals surface area contributed by atoms with Gasteiger partial charge in [-0.2, -0.15) is 0 Å². The van der Waals surface area contributed by atoms with E-state index in [-0.39, 0.29) is 11.8 Å². The van der Waals surface area contributed by atoms with Gasteiger partial charge in [-0.25, -0.2) is 0 Å². The summed E-state index contributed by atoms with van der Waals surface area (Å²) >= 11 is 13.0. The molecule has 1 fully saturated rings. The lowest BCUT2D eigenvalue weighted by molar-refractivity contribution is -0.115. The SMILES string of the molecule is CCN(CC)CN1C(=O)/C(=C2\SC(=S)N(c3ccc(C)c(Cl)c3)C2=O)c2ccccc21. The average molecular weight is 472 g/mol. The summed E-state index contributed by atoms with van der Waals surface area (Å²) in [7, 11) is 0. The van der Waals surface area contributed by atoms with E-state index in [2.05, 4.69) is 18.7 Å². The molecule has 0 atom stereocenters. The zero-order valence-electron chi connectivity index (χ0n) is 17.5. The molecule has 0 spiro atoms. The number of amides is 2. The molecule has 4 rings (SSSR count). The highest BCUT2D eigenvalue weighted by atomic mass is 35.5. The Bertz CT molecular complexity index is 1130. The topological polar surface area (TPSA) is 43.9 Å². The van der Waals surface area contributed by atoms with Gasteiger partial charge in [0.2, 0.25) is 0 Å². The molecule has 8 heteroatoms. The van der Waals surface area contributed by atoms with Gasteiger partial charge in [-0.3, -0.25) is 24.3 Å². The van der Waals surface area contributed by atoms with Crippen molar-refractivity contribution in [1.29, 1.82) is 0 Å². The standard InChI is InChI=1S/C23H22ClN3O2S2/c1-4-25(5-2)13-26-18-9-7-6-8-16(18)19(21(26)28)20-22(29)27(23(30)31-20)15-11-10-14(3)17(24)12-15/h6-12H,4-5,13H2,1-3H3/b20-19-. The van der Waals surface area contributed by atoms with Crippen LogP contribution in [0.4, 0.5) is 11.4 Å². The number of halogens is 1. The molecule has 2 aliphatic heterocycles. The Morgan fingerprint density at radius 3 is 2.45 bits per heavy atom. The third-order valence-electron chi connectivity index (χ3n) is 5.57. The summed E-state index contributed by atoms with van der Waals surface area (Å²) in [6, 6.07) is 13.0. The van der Waals surface area contributed by atoms with Gasteiger partial charge in [0, 0.05) is 10.6 Å². The van der Waals surface area contributed by atoms with Crippen LogP contribution in [0.1, 0.15) is 25.0 Å². The Labute approximate surface area is 196 Å². The van der Waals surface area contributed by atoms with Crippen molar-refractivity contribution in [1.82, 2.24) is 4.90 Å². The van der Waals surface area contributed by atoms with E-state index in [0.717, 1.165) is 29.9 Å². The third kappa shape index (κ3) is 3.80. The van der Waals surface area contributed by atoms with Crippen molar-refractivity contribution < 1.29 is 9.59 Å². The average Bonchev–Trinajstić information content (AvgIpc) is 3.20. The summed E-state index contributed by atoms with van der Waals surface area (Å²) in [5.41, 5.74) is 3.52. The maximum absolute atomic E-state index is 13.5. The van der Waals surface area contributed by atoms with Crippen LogP contribution >= 0.6 is 35.6 Å². The molecule has 0 radical (unpaired) electrons. The molecule has 2 aliphatic rings. The largest absolute Gasteiger partial charge is 0.294 e. The van der Waals surface area contributed by atoms with Crippen molar-refractivity contribution in [3.63, 3.8) is 0 Å². The number of thiocarbonyl (C=S) groups is 1. The van der Waals surface area contributed by atoms with Crippen LogP contribution < -0.4 is 9.80 Å². The lowest BCUT2D eigenvalue weighted by atomic mass is 10.1. The van der Waals surface area contributed by atoms with Crippen molar-refractivity contribution in [3.8, 4) is 0 Å². The zero-order valence-corrected chi connectivity index (χ0v) is 19.9. The minimum Gasteiger partial charge on any atom is -0.294 e. The Kier molecular flexibility index (Phi) is 6.21. The number of hydrogen-bond donors (Lipinski definition) is 0. The van der Waals surface area contributed by atoms with Gasteiger partial charge >= 0.3 is 0 Å². The zero-order chi connectivity index (χ0) is 22.3. The van der Waals surface area contributed by atoms with E-state index >= 15 is 0 Å². The Morgan fingerprint density at radius 2 is 1.77 bits per heavy atom. The maximum Gasteiger partial charge on any atom is 0.271 e. The Balaban J connectivity index is 1.78. The highest BCUT2D eigenvalue weighted by Gasteiger charge is 2.42. The van der Waals surface area contributed by atoms with E-state index in [9.17, 15) is 9.59 Å². The monoisotopic (exact) mass is 471 g/mol. The van der Waals surface area contributed by atoms with Crippen molar-refractivity contribution in [2.24, 2.45) is 0 Å². The van der Waals surface area contributed by atoms with Crippen LogP contribution in [-0.2, 0) is 9.59 Å². The number of nitrogens with zero attached hydrogens (tertiary/aromatic N) is 3. The fraction of sp³-hybridized carbons (Fsp3) is 0.261. The first kappa shape index (κ1) is 22.0. The summed E-state index contributed by atoms with van der Waals surface area (Å²) in [6.45, 7) is 8.16. The molecule has 0 N–H and O–H groups in total. The highest BCUT2D eigenvalue weighted by Crippen LogP contribution is 2.45. The molecular weight excluding hydrogens is 450 g/mol. The molecule has 0 unspecified atom stereocenters. The number of para-hydroxylation sites is 1. The Hall–Kier alpha value is -2.19. The molecule has 2 aromatic carbocycles. The van der Waals surface area contributed by atoms with E-state index in [1.807, 2.05) is 43.3 Å². The quantitative estimate of drug-likeness (QED) is 0.450. The molecule has 2 aromatic rings. The number of benzene rings is 2. The van der Waals surface area contributed by atoms with E-state index in [1.54, 1.807) is 11.0 Å². The first-order valence-corrected chi connectivity index (χ1v) is 11.7.